The molecule has 0 aliphatic rings. The summed E-state index contributed by atoms with van der Waals surface area (Å²) < 4.78 is 1.53. The van der Waals surface area contributed by atoms with Gasteiger partial charge in [-0.15, -0.1) is 0 Å². The van der Waals surface area contributed by atoms with Crippen molar-refractivity contribution in [3.8, 4) is 5.95 Å². The van der Waals surface area contributed by atoms with Gasteiger partial charge in [-0.1, -0.05) is 13.3 Å². The fraction of sp³-hybridized carbons (Fsp3) is 0.500. The van der Waals surface area contributed by atoms with Gasteiger partial charge in [0.15, 0.2) is 0 Å². The molecule has 0 saturated carbocycles. The average Bonchev–Trinajstić information content (AvgIpc) is 3.05. The minimum atomic E-state index is 0.0257. The molecule has 0 saturated heterocycles. The smallest absolute Gasteiger partial charge is 0.257 e. The van der Waals surface area contributed by atoms with Crippen LogP contribution >= 0.6 is 0 Å². The molecular formula is C12H20N8O. The molecule has 0 bridgehead atoms. The van der Waals surface area contributed by atoms with Gasteiger partial charge in [0, 0.05) is 25.5 Å². The van der Waals surface area contributed by atoms with Crippen LogP contribution in [0.1, 0.15) is 19.8 Å². The third-order valence-corrected chi connectivity index (χ3v) is 2.88. The summed E-state index contributed by atoms with van der Waals surface area (Å²) in [4.78, 5) is 14.7. The van der Waals surface area contributed by atoms with Crippen LogP contribution in [0.15, 0.2) is 18.5 Å². The van der Waals surface area contributed by atoms with E-state index >= 15 is 0 Å². The molecule has 0 aliphatic heterocycles. The molecule has 0 atom stereocenters. The Labute approximate surface area is 122 Å². The van der Waals surface area contributed by atoms with Crippen molar-refractivity contribution < 1.29 is 5.11 Å². The van der Waals surface area contributed by atoms with Crippen LogP contribution in [0.4, 0.5) is 11.9 Å². The van der Waals surface area contributed by atoms with E-state index in [1.165, 1.54) is 4.68 Å². The van der Waals surface area contributed by atoms with E-state index in [1.807, 2.05) is 4.90 Å². The Balaban J connectivity index is 2.34. The first-order valence-electron chi connectivity index (χ1n) is 6.87. The Bertz CT molecular complexity index is 544. The number of rotatable bonds is 8. The van der Waals surface area contributed by atoms with Gasteiger partial charge in [0.2, 0.25) is 11.9 Å². The van der Waals surface area contributed by atoms with Gasteiger partial charge in [0.05, 0.1) is 6.61 Å². The summed E-state index contributed by atoms with van der Waals surface area (Å²) in [6.45, 7) is 3.33. The van der Waals surface area contributed by atoms with E-state index in [0.29, 0.717) is 18.4 Å². The maximum atomic E-state index is 9.21. The molecule has 0 radical (unpaired) electrons. The quantitative estimate of drug-likeness (QED) is 0.457. The van der Waals surface area contributed by atoms with E-state index in [4.69, 9.17) is 5.84 Å². The van der Waals surface area contributed by atoms with Crippen LogP contribution < -0.4 is 16.2 Å². The second-order valence-corrected chi connectivity index (χ2v) is 4.42. The number of nitrogen functional groups attached to an aromatic ring is 1. The number of aliphatic hydroxyl groups excluding tert-OH is 1. The molecule has 4 N–H and O–H groups in total. The molecule has 0 aromatic carbocycles. The highest BCUT2D eigenvalue weighted by molar-refractivity contribution is 5.39. The van der Waals surface area contributed by atoms with Gasteiger partial charge >= 0.3 is 0 Å². The van der Waals surface area contributed by atoms with Gasteiger partial charge < -0.3 is 10.0 Å². The van der Waals surface area contributed by atoms with Crippen molar-refractivity contribution in [1.29, 1.82) is 0 Å². The molecule has 114 valence electrons. The monoisotopic (exact) mass is 292 g/mol. The summed E-state index contributed by atoms with van der Waals surface area (Å²) in [5.74, 6) is 6.51. The Morgan fingerprint density at radius 2 is 2.19 bits per heavy atom. The number of hydrogen-bond acceptors (Lipinski definition) is 8. The number of hydrazine groups is 1. The van der Waals surface area contributed by atoms with Gasteiger partial charge in [-0.25, -0.2) is 10.5 Å². The second-order valence-electron chi connectivity index (χ2n) is 4.42. The van der Waals surface area contributed by atoms with Gasteiger partial charge in [-0.3, -0.25) is 5.43 Å². The van der Waals surface area contributed by atoms with E-state index in [9.17, 15) is 5.11 Å². The lowest BCUT2D eigenvalue weighted by Gasteiger charge is -2.22. The highest BCUT2D eigenvalue weighted by Gasteiger charge is 2.13. The Morgan fingerprint density at radius 1 is 1.33 bits per heavy atom. The largest absolute Gasteiger partial charge is 0.395 e. The second kappa shape index (κ2) is 7.50. The van der Waals surface area contributed by atoms with Gasteiger partial charge in [-0.05, 0) is 12.5 Å². The van der Waals surface area contributed by atoms with E-state index in [0.717, 1.165) is 19.4 Å². The van der Waals surface area contributed by atoms with E-state index in [-0.39, 0.29) is 12.6 Å². The molecule has 0 spiro atoms. The molecule has 9 nitrogen and oxygen atoms in total. The predicted octanol–water partition coefficient (Wildman–Crippen LogP) is -0.0583. The molecule has 2 rings (SSSR count). The summed E-state index contributed by atoms with van der Waals surface area (Å²) in [5.41, 5.74) is 2.43. The number of aliphatic hydroxyl groups is 1. The molecule has 0 aliphatic carbocycles. The fourth-order valence-corrected chi connectivity index (χ4v) is 1.83. The summed E-state index contributed by atoms with van der Waals surface area (Å²) in [6.07, 6.45) is 5.40. The molecule has 0 fully saturated rings. The lowest BCUT2D eigenvalue weighted by atomic mass is 10.3. The normalized spacial score (nSPS) is 10.6. The van der Waals surface area contributed by atoms with Crippen molar-refractivity contribution in [1.82, 2.24) is 24.7 Å². The van der Waals surface area contributed by atoms with Crippen LogP contribution in [0.25, 0.3) is 5.95 Å². The van der Waals surface area contributed by atoms with Crippen LogP contribution in [0.5, 0.6) is 0 Å². The molecule has 2 aromatic rings. The molecule has 9 heteroatoms. The zero-order valence-electron chi connectivity index (χ0n) is 12.0. The maximum absolute atomic E-state index is 9.21. The molecule has 21 heavy (non-hydrogen) atoms. The minimum absolute atomic E-state index is 0.0257. The summed E-state index contributed by atoms with van der Waals surface area (Å²) >= 11 is 0. The SMILES string of the molecule is CCCCN(CCO)c1nc(NN)nc(-n2cccn2)n1. The first-order valence-corrected chi connectivity index (χ1v) is 6.87. The summed E-state index contributed by atoms with van der Waals surface area (Å²) in [6, 6.07) is 1.78. The first-order chi connectivity index (χ1) is 10.3. The number of anilines is 2. The highest BCUT2D eigenvalue weighted by atomic mass is 16.3. The lowest BCUT2D eigenvalue weighted by Crippen LogP contribution is -2.30. The van der Waals surface area contributed by atoms with Crippen LogP contribution in [0.2, 0.25) is 0 Å². The highest BCUT2D eigenvalue weighted by Crippen LogP contribution is 2.13. The molecule has 0 amide bonds. The van der Waals surface area contributed by atoms with Crippen LogP contribution in [0, 0.1) is 0 Å². The fourth-order valence-electron chi connectivity index (χ4n) is 1.83. The van der Waals surface area contributed by atoms with E-state index in [2.05, 4.69) is 32.4 Å². The number of hydrogen-bond donors (Lipinski definition) is 3. The van der Waals surface area contributed by atoms with Gasteiger partial charge in [0.25, 0.3) is 5.95 Å². The number of nitrogens with zero attached hydrogens (tertiary/aromatic N) is 6. The topological polar surface area (TPSA) is 118 Å². The number of nitrogens with two attached hydrogens (primary N) is 1. The molecule has 0 unspecified atom stereocenters. The minimum Gasteiger partial charge on any atom is -0.395 e. The standard InChI is InChI=1S/C12H20N8O/c1-2-3-6-19(8-9-21)11-15-10(18-13)16-12(17-11)20-7-4-5-14-20/h4-5,7,21H,2-3,6,8-9,13H2,1H3,(H,15,16,17,18). The number of unbranched alkanes of at least 4 members (excludes halogenated alkanes) is 1. The van der Waals surface area contributed by atoms with Crippen molar-refractivity contribution in [2.24, 2.45) is 5.84 Å². The average molecular weight is 292 g/mol. The maximum Gasteiger partial charge on any atom is 0.257 e. The zero-order chi connectivity index (χ0) is 15.1. The Hall–Kier alpha value is -2.26. The number of nitrogens with one attached hydrogen (secondary N) is 1. The predicted molar refractivity (Wildman–Crippen MR) is 79.0 cm³/mol. The van der Waals surface area contributed by atoms with Gasteiger partial charge in [0.1, 0.15) is 0 Å². The molecular weight excluding hydrogens is 272 g/mol. The summed E-state index contributed by atoms with van der Waals surface area (Å²) in [7, 11) is 0. The van der Waals surface area contributed by atoms with E-state index < -0.39 is 0 Å². The van der Waals surface area contributed by atoms with Crippen LogP contribution in [-0.2, 0) is 0 Å². The van der Waals surface area contributed by atoms with Crippen molar-refractivity contribution in [3.63, 3.8) is 0 Å². The van der Waals surface area contributed by atoms with Crippen molar-refractivity contribution in [2.45, 2.75) is 19.8 Å². The first kappa shape index (κ1) is 15.1. The summed E-state index contributed by atoms with van der Waals surface area (Å²) in [5, 5.41) is 13.3. The third-order valence-electron chi connectivity index (χ3n) is 2.88. The zero-order valence-corrected chi connectivity index (χ0v) is 12.0. The van der Waals surface area contributed by atoms with Crippen LogP contribution in [-0.4, -0.2) is 49.5 Å². The molecule has 2 heterocycles. The molecule has 2 aromatic heterocycles. The Morgan fingerprint density at radius 3 is 2.81 bits per heavy atom. The van der Waals surface area contributed by atoms with Gasteiger partial charge in [-0.2, -0.15) is 20.1 Å². The van der Waals surface area contributed by atoms with Crippen molar-refractivity contribution >= 4 is 11.9 Å². The Kier molecular flexibility index (Phi) is 5.41. The number of aromatic nitrogens is 5. The van der Waals surface area contributed by atoms with E-state index in [1.54, 1.807) is 18.5 Å². The lowest BCUT2D eigenvalue weighted by molar-refractivity contribution is 0.301. The van der Waals surface area contributed by atoms with Crippen molar-refractivity contribution in [3.05, 3.63) is 18.5 Å². The van der Waals surface area contributed by atoms with Crippen LogP contribution in [0.3, 0.4) is 0 Å². The van der Waals surface area contributed by atoms with Crippen molar-refractivity contribution in [2.75, 3.05) is 30.0 Å². The third kappa shape index (κ3) is 3.86.